The molecule has 1 N–H and O–H groups in total. The van der Waals surface area contributed by atoms with Crippen molar-refractivity contribution in [1.29, 1.82) is 0 Å². The molecule has 1 amide bonds. The lowest BCUT2D eigenvalue weighted by Gasteiger charge is -2.06. The highest BCUT2D eigenvalue weighted by Gasteiger charge is 2.01. The van der Waals surface area contributed by atoms with Crippen molar-refractivity contribution < 1.29 is 14.3 Å². The highest BCUT2D eigenvalue weighted by Crippen LogP contribution is 2.12. The predicted octanol–water partition coefficient (Wildman–Crippen LogP) is 3.57. The van der Waals surface area contributed by atoms with Crippen molar-refractivity contribution in [3.05, 3.63) is 59.7 Å². The summed E-state index contributed by atoms with van der Waals surface area (Å²) in [5.74, 6) is 1.18. The summed E-state index contributed by atoms with van der Waals surface area (Å²) < 4.78 is 10.9. The molecule has 0 atom stereocenters. The molecule has 0 aliphatic carbocycles. The Balaban J connectivity index is 1.73. The third kappa shape index (κ3) is 6.67. The molecule has 5 nitrogen and oxygen atoms in total. The first-order valence-electron chi connectivity index (χ1n) is 8.47. The second-order valence-electron chi connectivity index (χ2n) is 5.50. The zero-order valence-electron chi connectivity index (χ0n) is 14.7. The number of nitrogens with one attached hydrogen (secondary N) is 1. The third-order valence-corrected chi connectivity index (χ3v) is 3.46. The normalized spacial score (nSPS) is 10.6. The zero-order valence-corrected chi connectivity index (χ0v) is 14.7. The van der Waals surface area contributed by atoms with E-state index in [0.29, 0.717) is 12.4 Å². The number of hydrogen-bond acceptors (Lipinski definition) is 4. The maximum atomic E-state index is 11.7. The first kappa shape index (κ1) is 18.5. The molecule has 0 radical (unpaired) electrons. The molecule has 2 rings (SSSR count). The van der Waals surface area contributed by atoms with Crippen LogP contribution in [-0.4, -0.2) is 25.3 Å². The summed E-state index contributed by atoms with van der Waals surface area (Å²) in [5.41, 5.74) is 4.55. The van der Waals surface area contributed by atoms with Gasteiger partial charge in [0.05, 0.1) is 12.8 Å². The number of amides is 1. The van der Waals surface area contributed by atoms with Gasteiger partial charge in [0, 0.05) is 0 Å². The number of hydrazone groups is 1. The van der Waals surface area contributed by atoms with Crippen LogP contribution in [-0.2, 0) is 11.2 Å². The van der Waals surface area contributed by atoms with Crippen LogP contribution in [0, 0.1) is 0 Å². The first-order valence-corrected chi connectivity index (χ1v) is 8.47. The predicted molar refractivity (Wildman–Crippen MR) is 99.3 cm³/mol. The van der Waals surface area contributed by atoms with Crippen molar-refractivity contribution in [2.75, 3.05) is 13.2 Å². The second-order valence-corrected chi connectivity index (χ2v) is 5.50. The largest absolute Gasteiger partial charge is 0.494 e. The number of aryl methyl sites for hydroxylation is 1. The maximum Gasteiger partial charge on any atom is 0.277 e. The molecule has 25 heavy (non-hydrogen) atoms. The minimum Gasteiger partial charge on any atom is -0.494 e. The molecule has 5 heteroatoms. The minimum absolute atomic E-state index is 0.0768. The quantitative estimate of drug-likeness (QED) is 0.561. The molecule has 0 saturated heterocycles. The fourth-order valence-corrected chi connectivity index (χ4v) is 2.05. The minimum atomic E-state index is -0.307. The summed E-state index contributed by atoms with van der Waals surface area (Å²) in [6.45, 7) is 4.78. The van der Waals surface area contributed by atoms with Gasteiger partial charge in [-0.3, -0.25) is 4.79 Å². The molecule has 0 heterocycles. The van der Waals surface area contributed by atoms with E-state index in [1.165, 1.54) is 5.56 Å². The highest BCUT2D eigenvalue weighted by atomic mass is 16.5. The SMILES string of the molecule is CCCOc1ccc(C=NNC(=O)COc2ccc(CC)cc2)cc1. The van der Waals surface area contributed by atoms with Gasteiger partial charge in [-0.15, -0.1) is 0 Å². The van der Waals surface area contributed by atoms with Gasteiger partial charge in [0.15, 0.2) is 6.61 Å². The number of rotatable bonds is 9. The topological polar surface area (TPSA) is 59.9 Å². The summed E-state index contributed by atoms with van der Waals surface area (Å²) in [6, 6.07) is 15.2. The molecular weight excluding hydrogens is 316 g/mol. The van der Waals surface area contributed by atoms with Crippen LogP contribution in [0.3, 0.4) is 0 Å². The van der Waals surface area contributed by atoms with E-state index in [4.69, 9.17) is 9.47 Å². The van der Waals surface area contributed by atoms with Crippen molar-refractivity contribution in [2.45, 2.75) is 26.7 Å². The van der Waals surface area contributed by atoms with Crippen LogP contribution in [0.4, 0.5) is 0 Å². The average molecular weight is 340 g/mol. The number of hydrogen-bond donors (Lipinski definition) is 1. The first-order chi connectivity index (χ1) is 12.2. The smallest absolute Gasteiger partial charge is 0.277 e. The highest BCUT2D eigenvalue weighted by molar-refractivity contribution is 5.83. The number of carbonyl (C=O) groups excluding carboxylic acids is 1. The Bertz CT molecular complexity index is 679. The maximum absolute atomic E-state index is 11.7. The van der Waals surface area contributed by atoms with Gasteiger partial charge in [-0.05, 0) is 60.4 Å². The van der Waals surface area contributed by atoms with Gasteiger partial charge < -0.3 is 9.47 Å². The van der Waals surface area contributed by atoms with Crippen molar-refractivity contribution in [3.63, 3.8) is 0 Å². The Labute approximate surface area is 148 Å². The number of benzene rings is 2. The van der Waals surface area contributed by atoms with Crippen LogP contribution >= 0.6 is 0 Å². The van der Waals surface area contributed by atoms with Gasteiger partial charge >= 0.3 is 0 Å². The molecule has 132 valence electrons. The van der Waals surface area contributed by atoms with E-state index in [9.17, 15) is 4.79 Å². The van der Waals surface area contributed by atoms with Crippen molar-refractivity contribution in [2.24, 2.45) is 5.10 Å². The Morgan fingerprint density at radius 1 is 1.00 bits per heavy atom. The molecule has 0 bridgehead atoms. The van der Waals surface area contributed by atoms with Gasteiger partial charge in [0.1, 0.15) is 11.5 Å². The van der Waals surface area contributed by atoms with E-state index in [2.05, 4.69) is 24.4 Å². The van der Waals surface area contributed by atoms with Gasteiger partial charge in [-0.25, -0.2) is 5.43 Å². The fourth-order valence-electron chi connectivity index (χ4n) is 2.05. The van der Waals surface area contributed by atoms with Crippen molar-refractivity contribution in [3.8, 4) is 11.5 Å². The number of nitrogens with zero attached hydrogens (tertiary/aromatic N) is 1. The summed E-state index contributed by atoms with van der Waals surface area (Å²) >= 11 is 0. The number of ether oxygens (including phenoxy) is 2. The lowest BCUT2D eigenvalue weighted by Crippen LogP contribution is -2.24. The Hall–Kier alpha value is -2.82. The van der Waals surface area contributed by atoms with Gasteiger partial charge in [0.2, 0.25) is 0 Å². The van der Waals surface area contributed by atoms with Gasteiger partial charge in [-0.2, -0.15) is 5.10 Å². The van der Waals surface area contributed by atoms with E-state index in [1.807, 2.05) is 48.5 Å². The van der Waals surface area contributed by atoms with E-state index in [1.54, 1.807) is 6.21 Å². The second kappa shape index (κ2) is 10.1. The lowest BCUT2D eigenvalue weighted by atomic mass is 10.2. The summed E-state index contributed by atoms with van der Waals surface area (Å²) in [5, 5.41) is 3.93. The molecule has 0 spiro atoms. The van der Waals surface area contributed by atoms with Gasteiger partial charge in [-0.1, -0.05) is 26.0 Å². The summed E-state index contributed by atoms with van der Waals surface area (Å²) in [7, 11) is 0. The van der Waals surface area contributed by atoms with Crippen LogP contribution < -0.4 is 14.9 Å². The average Bonchev–Trinajstić information content (AvgIpc) is 2.66. The molecule has 0 aliphatic rings. The summed E-state index contributed by atoms with van der Waals surface area (Å²) in [6.07, 6.45) is 3.53. The van der Waals surface area contributed by atoms with Crippen LogP contribution in [0.2, 0.25) is 0 Å². The molecule has 2 aromatic carbocycles. The van der Waals surface area contributed by atoms with Crippen LogP contribution in [0.5, 0.6) is 11.5 Å². The molecule has 0 unspecified atom stereocenters. The summed E-state index contributed by atoms with van der Waals surface area (Å²) in [4.78, 5) is 11.7. The standard InChI is InChI=1S/C20H24N2O3/c1-3-13-24-18-11-7-17(8-12-18)14-21-22-20(23)15-25-19-9-5-16(4-2)6-10-19/h5-12,14H,3-4,13,15H2,1-2H3,(H,22,23). The Morgan fingerprint density at radius 2 is 1.64 bits per heavy atom. The van der Waals surface area contributed by atoms with Gasteiger partial charge in [0.25, 0.3) is 5.91 Å². The van der Waals surface area contributed by atoms with E-state index < -0.39 is 0 Å². The molecule has 0 aliphatic heterocycles. The molecule has 0 aromatic heterocycles. The molecule has 0 fully saturated rings. The van der Waals surface area contributed by atoms with Crippen LogP contribution in [0.15, 0.2) is 53.6 Å². The van der Waals surface area contributed by atoms with E-state index in [0.717, 1.165) is 24.2 Å². The Morgan fingerprint density at radius 3 is 2.28 bits per heavy atom. The molecule has 0 saturated carbocycles. The zero-order chi connectivity index (χ0) is 17.9. The Kier molecular flexibility index (Phi) is 7.50. The van der Waals surface area contributed by atoms with E-state index in [-0.39, 0.29) is 12.5 Å². The van der Waals surface area contributed by atoms with Crippen LogP contribution in [0.1, 0.15) is 31.4 Å². The monoisotopic (exact) mass is 340 g/mol. The molecular formula is C20H24N2O3. The van der Waals surface area contributed by atoms with Crippen molar-refractivity contribution in [1.82, 2.24) is 5.43 Å². The fraction of sp³-hybridized carbons (Fsp3) is 0.300. The third-order valence-electron chi connectivity index (χ3n) is 3.46. The lowest BCUT2D eigenvalue weighted by molar-refractivity contribution is -0.123. The number of carbonyl (C=O) groups is 1. The van der Waals surface area contributed by atoms with Crippen molar-refractivity contribution >= 4 is 12.1 Å². The van der Waals surface area contributed by atoms with E-state index >= 15 is 0 Å². The van der Waals surface area contributed by atoms with Crippen LogP contribution in [0.25, 0.3) is 0 Å². The molecule has 2 aromatic rings.